The van der Waals surface area contributed by atoms with Crippen molar-refractivity contribution in [2.75, 3.05) is 11.4 Å². The fourth-order valence-electron chi connectivity index (χ4n) is 4.36. The van der Waals surface area contributed by atoms with Gasteiger partial charge in [-0.1, -0.05) is 18.9 Å². The summed E-state index contributed by atoms with van der Waals surface area (Å²) in [6, 6.07) is 3.93. The van der Waals surface area contributed by atoms with Gasteiger partial charge in [0.25, 0.3) is 0 Å². The number of rotatable bonds is 5. The van der Waals surface area contributed by atoms with E-state index in [0.29, 0.717) is 17.8 Å². The van der Waals surface area contributed by atoms with E-state index in [4.69, 9.17) is 5.73 Å². The van der Waals surface area contributed by atoms with Crippen LogP contribution in [0.25, 0.3) is 0 Å². The van der Waals surface area contributed by atoms with Gasteiger partial charge in [0.05, 0.1) is 5.69 Å². The molecule has 1 atom stereocenters. The molecule has 0 aromatic heterocycles. The van der Waals surface area contributed by atoms with Crippen LogP contribution < -0.4 is 16.0 Å². The van der Waals surface area contributed by atoms with Crippen LogP contribution in [0.5, 0.6) is 0 Å². The van der Waals surface area contributed by atoms with Gasteiger partial charge in [0.15, 0.2) is 0 Å². The zero-order valence-electron chi connectivity index (χ0n) is 14.9. The van der Waals surface area contributed by atoms with E-state index < -0.39 is 11.9 Å². The molecule has 0 radical (unpaired) electrons. The number of hydrogen-bond donors (Lipinski definition) is 2. The molecule has 1 aromatic carbocycles. The van der Waals surface area contributed by atoms with E-state index in [9.17, 15) is 18.8 Å². The molecule has 1 unspecified atom stereocenters. The van der Waals surface area contributed by atoms with Crippen LogP contribution in [0.1, 0.15) is 51.0 Å². The van der Waals surface area contributed by atoms with Crippen molar-refractivity contribution in [1.29, 1.82) is 0 Å². The molecule has 7 heteroatoms. The lowest BCUT2D eigenvalue weighted by Crippen LogP contribution is -2.49. The first-order valence-electron chi connectivity index (χ1n) is 9.00. The lowest BCUT2D eigenvalue weighted by molar-refractivity contribution is -0.127. The number of nitrogens with one attached hydrogen (secondary N) is 1. The number of fused-ring (bicyclic) bond motifs is 2. The third-order valence-corrected chi connectivity index (χ3v) is 5.46. The molecular formula is C19H24FN3O3. The van der Waals surface area contributed by atoms with Crippen molar-refractivity contribution in [3.05, 3.63) is 29.6 Å². The Morgan fingerprint density at radius 2 is 2.00 bits per heavy atom. The van der Waals surface area contributed by atoms with E-state index in [-0.39, 0.29) is 35.9 Å². The average molecular weight is 361 g/mol. The van der Waals surface area contributed by atoms with Crippen molar-refractivity contribution in [2.45, 2.75) is 56.9 Å². The van der Waals surface area contributed by atoms with Crippen LogP contribution in [-0.2, 0) is 19.8 Å². The Morgan fingerprint density at radius 3 is 2.62 bits per heavy atom. The van der Waals surface area contributed by atoms with Gasteiger partial charge in [-0.3, -0.25) is 14.4 Å². The van der Waals surface area contributed by atoms with Crippen molar-refractivity contribution < 1.29 is 18.8 Å². The van der Waals surface area contributed by atoms with Gasteiger partial charge in [0.2, 0.25) is 17.7 Å². The summed E-state index contributed by atoms with van der Waals surface area (Å²) in [5.74, 6) is -1.50. The number of benzene rings is 1. The van der Waals surface area contributed by atoms with Crippen molar-refractivity contribution >= 4 is 23.4 Å². The molecular weight excluding hydrogens is 337 g/mol. The smallest absolute Gasteiger partial charge is 0.249 e. The van der Waals surface area contributed by atoms with Crippen LogP contribution in [0.4, 0.5) is 10.1 Å². The van der Waals surface area contributed by atoms with Gasteiger partial charge >= 0.3 is 0 Å². The van der Waals surface area contributed by atoms with Gasteiger partial charge in [-0.15, -0.1) is 0 Å². The Kier molecular flexibility index (Phi) is 4.98. The van der Waals surface area contributed by atoms with Gasteiger partial charge in [-0.25, -0.2) is 4.39 Å². The maximum atomic E-state index is 14.6. The maximum Gasteiger partial charge on any atom is 0.249 e. The molecule has 1 aliphatic carbocycles. The molecule has 140 valence electrons. The van der Waals surface area contributed by atoms with E-state index in [0.717, 1.165) is 25.7 Å². The SMILES string of the molecule is CC(=O)NC(CCC(N)=O)C(=O)N1CC2(CCCC2)c2c(F)cccc21. The van der Waals surface area contributed by atoms with E-state index >= 15 is 0 Å². The zero-order valence-corrected chi connectivity index (χ0v) is 14.9. The summed E-state index contributed by atoms with van der Waals surface area (Å²) < 4.78 is 14.6. The summed E-state index contributed by atoms with van der Waals surface area (Å²) in [4.78, 5) is 37.3. The lowest BCUT2D eigenvalue weighted by Gasteiger charge is -2.27. The summed E-state index contributed by atoms with van der Waals surface area (Å²) >= 11 is 0. The second-order valence-corrected chi connectivity index (χ2v) is 7.30. The largest absolute Gasteiger partial charge is 0.370 e. The third kappa shape index (κ3) is 3.30. The second kappa shape index (κ2) is 7.05. The number of nitrogens with zero attached hydrogens (tertiary/aromatic N) is 1. The van der Waals surface area contributed by atoms with E-state index in [1.807, 2.05) is 0 Å². The first-order chi connectivity index (χ1) is 12.3. The molecule has 1 aromatic rings. The highest BCUT2D eigenvalue weighted by molar-refractivity contribution is 6.01. The van der Waals surface area contributed by atoms with Crippen molar-refractivity contribution in [2.24, 2.45) is 5.73 Å². The number of halogens is 1. The Morgan fingerprint density at radius 1 is 1.31 bits per heavy atom. The van der Waals surface area contributed by atoms with Gasteiger partial charge < -0.3 is 16.0 Å². The number of amides is 3. The Balaban J connectivity index is 1.92. The number of carbonyl (C=O) groups excluding carboxylic acids is 3. The number of primary amides is 1. The summed E-state index contributed by atoms with van der Waals surface area (Å²) in [7, 11) is 0. The predicted octanol–water partition coefficient (Wildman–Crippen LogP) is 1.75. The molecule has 1 aliphatic heterocycles. The van der Waals surface area contributed by atoms with Crippen LogP contribution in [0.3, 0.4) is 0 Å². The molecule has 0 saturated heterocycles. The van der Waals surface area contributed by atoms with E-state index in [1.165, 1.54) is 13.0 Å². The fourth-order valence-corrected chi connectivity index (χ4v) is 4.36. The summed E-state index contributed by atoms with van der Waals surface area (Å²) in [5, 5.41) is 2.60. The molecule has 3 amide bonds. The highest BCUT2D eigenvalue weighted by Crippen LogP contribution is 2.51. The van der Waals surface area contributed by atoms with Crippen molar-refractivity contribution in [1.82, 2.24) is 5.32 Å². The standard InChI is InChI=1S/C19H24FN3O3/c1-12(24)22-14(7-8-16(21)25)18(26)23-11-19(9-2-3-10-19)17-13(20)5-4-6-15(17)23/h4-6,14H,2-3,7-11H2,1H3,(H2,21,25)(H,22,24). The summed E-state index contributed by atoms with van der Waals surface area (Å²) in [5.41, 5.74) is 6.03. The Bertz CT molecular complexity index is 744. The van der Waals surface area contributed by atoms with Crippen molar-refractivity contribution in [3.63, 3.8) is 0 Å². The second-order valence-electron chi connectivity index (χ2n) is 7.30. The van der Waals surface area contributed by atoms with E-state index in [1.54, 1.807) is 17.0 Å². The molecule has 0 bridgehead atoms. The molecule has 2 aliphatic rings. The molecule has 1 heterocycles. The molecule has 26 heavy (non-hydrogen) atoms. The predicted molar refractivity (Wildman–Crippen MR) is 94.9 cm³/mol. The minimum Gasteiger partial charge on any atom is -0.370 e. The van der Waals surface area contributed by atoms with Gasteiger partial charge in [-0.2, -0.15) is 0 Å². The maximum absolute atomic E-state index is 14.6. The van der Waals surface area contributed by atoms with Crippen molar-refractivity contribution in [3.8, 4) is 0 Å². The summed E-state index contributed by atoms with van der Waals surface area (Å²) in [6.45, 7) is 1.73. The van der Waals surface area contributed by atoms with Crippen LogP contribution >= 0.6 is 0 Å². The number of anilines is 1. The molecule has 3 rings (SSSR count). The van der Waals surface area contributed by atoms with Crippen LogP contribution in [-0.4, -0.2) is 30.3 Å². The Hall–Kier alpha value is -2.44. The molecule has 3 N–H and O–H groups in total. The minimum atomic E-state index is -0.854. The fraction of sp³-hybridized carbons (Fsp3) is 0.526. The first kappa shape index (κ1) is 18.4. The average Bonchev–Trinajstić information content (AvgIpc) is 3.17. The molecule has 6 nitrogen and oxygen atoms in total. The number of carbonyl (C=O) groups is 3. The zero-order chi connectivity index (χ0) is 18.9. The van der Waals surface area contributed by atoms with E-state index in [2.05, 4.69) is 5.32 Å². The van der Waals surface area contributed by atoms with Gasteiger partial charge in [0, 0.05) is 30.9 Å². The minimum absolute atomic E-state index is 0.00826. The monoisotopic (exact) mass is 361 g/mol. The highest BCUT2D eigenvalue weighted by atomic mass is 19.1. The first-order valence-corrected chi connectivity index (χ1v) is 9.00. The molecule has 1 saturated carbocycles. The van der Waals surface area contributed by atoms with Crippen LogP contribution in [0.15, 0.2) is 18.2 Å². The van der Waals surface area contributed by atoms with Gasteiger partial charge in [-0.05, 0) is 31.4 Å². The number of nitrogens with two attached hydrogens (primary N) is 1. The third-order valence-electron chi connectivity index (χ3n) is 5.46. The molecule has 1 spiro atoms. The summed E-state index contributed by atoms with van der Waals surface area (Å²) in [6.07, 6.45) is 3.82. The Labute approximate surface area is 151 Å². The van der Waals surface area contributed by atoms with Crippen LogP contribution in [0, 0.1) is 5.82 Å². The van der Waals surface area contributed by atoms with Crippen LogP contribution in [0.2, 0.25) is 0 Å². The lowest BCUT2D eigenvalue weighted by atomic mass is 9.80. The quantitative estimate of drug-likeness (QED) is 0.837. The number of hydrogen-bond acceptors (Lipinski definition) is 3. The van der Waals surface area contributed by atoms with Gasteiger partial charge in [0.1, 0.15) is 11.9 Å². The highest BCUT2D eigenvalue weighted by Gasteiger charge is 2.48. The topological polar surface area (TPSA) is 92.5 Å². The normalized spacial score (nSPS) is 18.6. The molecule has 1 fully saturated rings.